The maximum Gasteiger partial charge on any atom is 0.273 e. The van der Waals surface area contributed by atoms with Gasteiger partial charge in [0.05, 0.1) is 11.0 Å². The average Bonchev–Trinajstić information content (AvgIpc) is 2.39. The Morgan fingerprint density at radius 2 is 2.21 bits per heavy atom. The highest BCUT2D eigenvalue weighted by atomic mass is 16.6. The largest absolute Gasteiger partial charge is 0.392 e. The normalized spacial score (nSPS) is 22.1. The number of aliphatic hydroxyl groups excluding tert-OH is 1. The van der Waals surface area contributed by atoms with Crippen LogP contribution in [-0.2, 0) is 6.54 Å². The van der Waals surface area contributed by atoms with Gasteiger partial charge in [0.15, 0.2) is 0 Å². The minimum atomic E-state index is -0.400. The van der Waals surface area contributed by atoms with Gasteiger partial charge in [-0.3, -0.25) is 15.0 Å². The van der Waals surface area contributed by atoms with Crippen molar-refractivity contribution >= 4 is 5.69 Å². The molecule has 1 N–H and O–H groups in total. The molecule has 1 saturated heterocycles. The predicted molar refractivity (Wildman–Crippen MR) is 72.8 cm³/mol. The van der Waals surface area contributed by atoms with Crippen molar-refractivity contribution in [2.24, 2.45) is 0 Å². The molecule has 1 aliphatic heterocycles. The topological polar surface area (TPSA) is 66.6 Å². The highest BCUT2D eigenvalue weighted by molar-refractivity contribution is 5.39. The molecule has 0 saturated carbocycles. The molecule has 2 unspecified atom stereocenters. The van der Waals surface area contributed by atoms with Crippen LogP contribution in [0.4, 0.5) is 5.69 Å². The van der Waals surface area contributed by atoms with E-state index in [1.54, 1.807) is 19.1 Å². The molecule has 0 spiro atoms. The second kappa shape index (κ2) is 6.12. The van der Waals surface area contributed by atoms with E-state index in [-0.39, 0.29) is 16.7 Å². The molecule has 0 aromatic heterocycles. The van der Waals surface area contributed by atoms with Crippen molar-refractivity contribution in [3.05, 3.63) is 39.9 Å². The van der Waals surface area contributed by atoms with Gasteiger partial charge >= 0.3 is 0 Å². The van der Waals surface area contributed by atoms with Crippen molar-refractivity contribution in [3.63, 3.8) is 0 Å². The van der Waals surface area contributed by atoms with E-state index in [9.17, 15) is 15.2 Å². The zero-order chi connectivity index (χ0) is 13.8. The summed E-state index contributed by atoms with van der Waals surface area (Å²) < 4.78 is 0. The molecule has 1 aromatic carbocycles. The fourth-order valence-corrected chi connectivity index (χ4v) is 2.80. The highest BCUT2D eigenvalue weighted by Crippen LogP contribution is 2.25. The van der Waals surface area contributed by atoms with E-state index in [1.807, 2.05) is 6.07 Å². The fourth-order valence-electron chi connectivity index (χ4n) is 2.80. The summed E-state index contributed by atoms with van der Waals surface area (Å²) in [5.74, 6) is 0. The maximum atomic E-state index is 11.0. The molecule has 5 heteroatoms. The number of likely N-dealkylation sites (tertiary alicyclic amines) is 1. The number of nitro groups is 1. The lowest BCUT2D eigenvalue weighted by molar-refractivity contribution is -0.385. The Morgan fingerprint density at radius 3 is 2.89 bits per heavy atom. The molecule has 1 fully saturated rings. The molecule has 1 aromatic rings. The lowest BCUT2D eigenvalue weighted by atomic mass is 9.97. The molecule has 1 heterocycles. The lowest BCUT2D eigenvalue weighted by Crippen LogP contribution is -2.45. The summed E-state index contributed by atoms with van der Waals surface area (Å²) in [5, 5.41) is 20.8. The Morgan fingerprint density at radius 1 is 1.47 bits per heavy atom. The zero-order valence-electron chi connectivity index (χ0n) is 11.2. The Balaban J connectivity index is 2.17. The number of hydrogen-bond donors (Lipinski definition) is 1. The predicted octanol–water partition coefficient (Wildman–Crippen LogP) is 2.33. The minimum Gasteiger partial charge on any atom is -0.392 e. The molecule has 0 bridgehead atoms. The van der Waals surface area contributed by atoms with Crippen LogP contribution in [0.5, 0.6) is 0 Å². The van der Waals surface area contributed by atoms with E-state index in [1.165, 1.54) is 6.07 Å². The van der Waals surface area contributed by atoms with Gasteiger partial charge in [0.25, 0.3) is 5.69 Å². The van der Waals surface area contributed by atoms with Crippen molar-refractivity contribution in [3.8, 4) is 0 Å². The van der Waals surface area contributed by atoms with Crippen LogP contribution >= 0.6 is 0 Å². The summed E-state index contributed by atoms with van der Waals surface area (Å²) >= 11 is 0. The van der Waals surface area contributed by atoms with Crippen LogP contribution in [0, 0.1) is 10.1 Å². The summed E-state index contributed by atoms with van der Waals surface area (Å²) in [6.07, 6.45) is 2.76. The third-order valence-corrected chi connectivity index (χ3v) is 3.78. The summed E-state index contributed by atoms with van der Waals surface area (Å²) in [6, 6.07) is 6.95. The van der Waals surface area contributed by atoms with E-state index in [4.69, 9.17) is 0 Å². The van der Waals surface area contributed by atoms with Crippen molar-refractivity contribution < 1.29 is 10.0 Å². The van der Waals surface area contributed by atoms with Gasteiger partial charge in [0, 0.05) is 24.2 Å². The van der Waals surface area contributed by atoms with Crippen LogP contribution < -0.4 is 0 Å². The smallest absolute Gasteiger partial charge is 0.273 e. The molecule has 0 amide bonds. The quantitative estimate of drug-likeness (QED) is 0.669. The third-order valence-electron chi connectivity index (χ3n) is 3.78. The van der Waals surface area contributed by atoms with Gasteiger partial charge in [-0.15, -0.1) is 0 Å². The minimum absolute atomic E-state index is 0.105. The number of piperidine rings is 1. The molecule has 0 aliphatic carbocycles. The van der Waals surface area contributed by atoms with Crippen molar-refractivity contribution in [2.75, 3.05) is 6.54 Å². The average molecular weight is 264 g/mol. The van der Waals surface area contributed by atoms with Crippen LogP contribution in [0.15, 0.2) is 24.3 Å². The first-order valence-corrected chi connectivity index (χ1v) is 6.74. The summed E-state index contributed by atoms with van der Waals surface area (Å²) in [5.41, 5.74) is 0.887. The van der Waals surface area contributed by atoms with Crippen LogP contribution in [-0.4, -0.2) is 33.6 Å². The number of aliphatic hydroxyl groups is 1. The van der Waals surface area contributed by atoms with E-state index in [2.05, 4.69) is 4.90 Å². The Hall–Kier alpha value is -1.46. The van der Waals surface area contributed by atoms with Crippen molar-refractivity contribution in [2.45, 2.75) is 44.9 Å². The Labute approximate surface area is 113 Å². The maximum absolute atomic E-state index is 11.0. The number of nitro benzene ring substituents is 1. The molecule has 2 atom stereocenters. The molecule has 0 radical (unpaired) electrons. The number of para-hydroxylation sites is 1. The van der Waals surface area contributed by atoms with Gasteiger partial charge in [-0.05, 0) is 26.3 Å². The molecule has 2 rings (SSSR count). The fraction of sp³-hybridized carbons (Fsp3) is 0.571. The molecular weight excluding hydrogens is 244 g/mol. The Bertz CT molecular complexity index is 448. The SMILES string of the molecule is CC(O)C1CCCCN1Cc1ccccc1[N+](=O)[O-]. The first kappa shape index (κ1) is 14.0. The number of rotatable bonds is 4. The van der Waals surface area contributed by atoms with Gasteiger partial charge in [-0.2, -0.15) is 0 Å². The van der Waals surface area contributed by atoms with Gasteiger partial charge < -0.3 is 5.11 Å². The molecule has 104 valence electrons. The van der Waals surface area contributed by atoms with Crippen molar-refractivity contribution in [1.82, 2.24) is 4.90 Å². The van der Waals surface area contributed by atoms with E-state index in [0.717, 1.165) is 31.4 Å². The summed E-state index contributed by atoms with van der Waals surface area (Å²) in [7, 11) is 0. The van der Waals surface area contributed by atoms with E-state index in [0.29, 0.717) is 6.54 Å². The first-order valence-electron chi connectivity index (χ1n) is 6.74. The number of benzene rings is 1. The second-order valence-electron chi connectivity index (χ2n) is 5.16. The van der Waals surface area contributed by atoms with Gasteiger partial charge in [-0.25, -0.2) is 0 Å². The van der Waals surface area contributed by atoms with E-state index >= 15 is 0 Å². The van der Waals surface area contributed by atoms with Gasteiger partial charge in [0.1, 0.15) is 0 Å². The molecular formula is C14H20N2O3. The van der Waals surface area contributed by atoms with Crippen LogP contribution in [0.25, 0.3) is 0 Å². The molecule has 1 aliphatic rings. The monoisotopic (exact) mass is 264 g/mol. The van der Waals surface area contributed by atoms with Gasteiger partial charge in [0.2, 0.25) is 0 Å². The van der Waals surface area contributed by atoms with Crippen LogP contribution in [0.3, 0.4) is 0 Å². The van der Waals surface area contributed by atoms with E-state index < -0.39 is 6.10 Å². The zero-order valence-corrected chi connectivity index (χ0v) is 11.2. The second-order valence-corrected chi connectivity index (χ2v) is 5.16. The standard InChI is InChI=1S/C14H20N2O3/c1-11(17)13-7-4-5-9-15(13)10-12-6-2-3-8-14(12)16(18)19/h2-3,6,8,11,13,17H,4-5,7,9-10H2,1H3. The Kier molecular flexibility index (Phi) is 4.50. The lowest BCUT2D eigenvalue weighted by Gasteiger charge is -2.37. The first-order chi connectivity index (χ1) is 9.09. The molecule has 19 heavy (non-hydrogen) atoms. The van der Waals surface area contributed by atoms with Crippen LogP contribution in [0.1, 0.15) is 31.7 Å². The van der Waals surface area contributed by atoms with Crippen molar-refractivity contribution in [1.29, 1.82) is 0 Å². The summed E-state index contributed by atoms with van der Waals surface area (Å²) in [6.45, 7) is 3.22. The summed E-state index contributed by atoms with van der Waals surface area (Å²) in [4.78, 5) is 12.8. The van der Waals surface area contributed by atoms with Gasteiger partial charge in [-0.1, -0.05) is 24.6 Å². The highest BCUT2D eigenvalue weighted by Gasteiger charge is 2.27. The third kappa shape index (κ3) is 3.30. The number of hydrogen-bond acceptors (Lipinski definition) is 4. The number of nitrogens with zero attached hydrogens (tertiary/aromatic N) is 2. The molecule has 5 nitrogen and oxygen atoms in total. The van der Waals surface area contributed by atoms with Crippen LogP contribution in [0.2, 0.25) is 0 Å².